The summed E-state index contributed by atoms with van der Waals surface area (Å²) < 4.78 is 1.72. The van der Waals surface area contributed by atoms with E-state index in [0.29, 0.717) is 5.92 Å². The lowest BCUT2D eigenvalue weighted by Gasteiger charge is -2.31. The Morgan fingerprint density at radius 3 is 2.79 bits per heavy atom. The molecule has 0 bridgehead atoms. The van der Waals surface area contributed by atoms with E-state index in [1.54, 1.807) is 17.0 Å². The first-order valence-electron chi connectivity index (χ1n) is 6.78. The molecule has 102 valence electrons. The molecule has 1 aliphatic rings. The monoisotopic (exact) mass is 261 g/mol. The minimum atomic E-state index is -0.0210. The Bertz CT molecular complexity index is 548. The van der Waals surface area contributed by atoms with Crippen LogP contribution in [0.5, 0.6) is 0 Å². The number of hydrogen-bond donors (Lipinski definition) is 2. The molecule has 1 aliphatic heterocycles. The highest BCUT2D eigenvalue weighted by atomic mass is 16.1. The van der Waals surface area contributed by atoms with Crippen molar-refractivity contribution < 1.29 is 0 Å². The molecule has 2 aromatic heterocycles. The van der Waals surface area contributed by atoms with Crippen LogP contribution in [0.3, 0.4) is 0 Å². The number of likely N-dealkylation sites (tertiary alicyclic amines) is 1. The number of aromatic nitrogens is 4. The first-order valence-corrected chi connectivity index (χ1v) is 6.78. The zero-order valence-corrected chi connectivity index (χ0v) is 10.9. The van der Waals surface area contributed by atoms with Gasteiger partial charge in [-0.25, -0.2) is 4.79 Å². The standard InChI is InChI=1S/C13H19N5O/c19-13-14-5-8-18(13)10-9-17-6-2-11(3-7-17)12-1-4-15-16-12/h1,4-5,8,11H,2-3,6-7,9-10H2,(H,14,19)(H,15,16). The van der Waals surface area contributed by atoms with Crippen LogP contribution in [0.2, 0.25) is 0 Å². The van der Waals surface area contributed by atoms with Gasteiger partial charge in [-0.15, -0.1) is 0 Å². The van der Waals surface area contributed by atoms with Gasteiger partial charge >= 0.3 is 5.69 Å². The minimum Gasteiger partial charge on any atom is -0.313 e. The van der Waals surface area contributed by atoms with Gasteiger partial charge in [0.1, 0.15) is 0 Å². The molecule has 0 unspecified atom stereocenters. The van der Waals surface area contributed by atoms with Gasteiger partial charge < -0.3 is 9.88 Å². The molecule has 3 rings (SSSR count). The third kappa shape index (κ3) is 2.78. The van der Waals surface area contributed by atoms with E-state index in [0.717, 1.165) is 39.0 Å². The number of imidazole rings is 1. The van der Waals surface area contributed by atoms with Crippen molar-refractivity contribution in [3.05, 3.63) is 40.8 Å². The highest BCUT2D eigenvalue weighted by molar-refractivity contribution is 5.06. The lowest BCUT2D eigenvalue weighted by molar-refractivity contribution is 0.203. The van der Waals surface area contributed by atoms with Crippen LogP contribution in [-0.4, -0.2) is 44.3 Å². The van der Waals surface area contributed by atoms with Gasteiger partial charge in [-0.2, -0.15) is 5.10 Å². The fourth-order valence-corrected chi connectivity index (χ4v) is 2.74. The molecule has 6 nitrogen and oxygen atoms in total. The smallest absolute Gasteiger partial charge is 0.313 e. The highest BCUT2D eigenvalue weighted by Crippen LogP contribution is 2.25. The normalized spacial score (nSPS) is 17.9. The second kappa shape index (κ2) is 5.44. The number of H-pyrrole nitrogens is 2. The van der Waals surface area contributed by atoms with Crippen molar-refractivity contribution in [2.75, 3.05) is 19.6 Å². The second-order valence-electron chi connectivity index (χ2n) is 5.09. The SMILES string of the molecule is O=c1[nH]ccn1CCN1CCC(c2ccn[nH]2)CC1. The van der Waals surface area contributed by atoms with Gasteiger partial charge in [0.15, 0.2) is 0 Å². The number of rotatable bonds is 4. The summed E-state index contributed by atoms with van der Waals surface area (Å²) in [5, 5.41) is 7.08. The van der Waals surface area contributed by atoms with Crippen LogP contribution >= 0.6 is 0 Å². The number of nitrogens with zero attached hydrogens (tertiary/aromatic N) is 3. The molecule has 1 saturated heterocycles. The minimum absolute atomic E-state index is 0.0210. The van der Waals surface area contributed by atoms with Crippen molar-refractivity contribution in [2.24, 2.45) is 0 Å². The van der Waals surface area contributed by atoms with Crippen molar-refractivity contribution in [3.63, 3.8) is 0 Å². The van der Waals surface area contributed by atoms with Gasteiger partial charge in [0.05, 0.1) is 0 Å². The fourth-order valence-electron chi connectivity index (χ4n) is 2.74. The summed E-state index contributed by atoms with van der Waals surface area (Å²) in [6, 6.07) is 2.07. The van der Waals surface area contributed by atoms with Crippen LogP contribution in [0.1, 0.15) is 24.5 Å². The van der Waals surface area contributed by atoms with Crippen LogP contribution in [0.25, 0.3) is 0 Å². The zero-order valence-electron chi connectivity index (χ0n) is 10.9. The largest absolute Gasteiger partial charge is 0.325 e. The quantitative estimate of drug-likeness (QED) is 0.854. The molecule has 2 aromatic rings. The van der Waals surface area contributed by atoms with E-state index in [-0.39, 0.29) is 5.69 Å². The van der Waals surface area contributed by atoms with Gasteiger partial charge in [-0.1, -0.05) is 0 Å². The Kier molecular flexibility index (Phi) is 3.50. The predicted octanol–water partition coefficient (Wildman–Crippen LogP) is 0.779. The van der Waals surface area contributed by atoms with Crippen LogP contribution < -0.4 is 5.69 Å². The molecular formula is C13H19N5O. The number of piperidine rings is 1. The van der Waals surface area contributed by atoms with E-state index >= 15 is 0 Å². The summed E-state index contributed by atoms with van der Waals surface area (Å²) in [5.74, 6) is 0.605. The van der Waals surface area contributed by atoms with Crippen LogP contribution in [0.15, 0.2) is 29.5 Å². The number of hydrogen-bond acceptors (Lipinski definition) is 3. The Labute approximate surface area is 111 Å². The summed E-state index contributed by atoms with van der Waals surface area (Å²) in [4.78, 5) is 16.5. The maximum atomic E-state index is 11.4. The fraction of sp³-hybridized carbons (Fsp3) is 0.538. The molecule has 0 saturated carbocycles. The molecule has 0 aliphatic carbocycles. The molecular weight excluding hydrogens is 242 g/mol. The Balaban J connectivity index is 1.48. The van der Waals surface area contributed by atoms with E-state index in [1.807, 2.05) is 6.20 Å². The van der Waals surface area contributed by atoms with E-state index in [9.17, 15) is 4.79 Å². The predicted molar refractivity (Wildman–Crippen MR) is 72.1 cm³/mol. The molecule has 3 heterocycles. The third-order valence-corrected chi connectivity index (χ3v) is 3.93. The molecule has 6 heteroatoms. The highest BCUT2D eigenvalue weighted by Gasteiger charge is 2.21. The van der Waals surface area contributed by atoms with Gasteiger partial charge in [-0.3, -0.25) is 9.67 Å². The van der Waals surface area contributed by atoms with Crippen LogP contribution in [0, 0.1) is 0 Å². The molecule has 0 atom stereocenters. The summed E-state index contributed by atoms with van der Waals surface area (Å²) in [6.45, 7) is 3.87. The molecule has 0 spiro atoms. The molecule has 2 N–H and O–H groups in total. The first kappa shape index (κ1) is 12.2. The lowest BCUT2D eigenvalue weighted by Crippen LogP contribution is -2.36. The molecule has 19 heavy (non-hydrogen) atoms. The van der Waals surface area contributed by atoms with Crippen molar-refractivity contribution in [1.29, 1.82) is 0 Å². The zero-order chi connectivity index (χ0) is 13.1. The number of nitrogens with one attached hydrogen (secondary N) is 2. The van der Waals surface area contributed by atoms with Gasteiger partial charge in [-0.05, 0) is 32.0 Å². The topological polar surface area (TPSA) is 69.7 Å². The average Bonchev–Trinajstić information content (AvgIpc) is 3.09. The van der Waals surface area contributed by atoms with Gasteiger partial charge in [0.2, 0.25) is 0 Å². The van der Waals surface area contributed by atoms with E-state index < -0.39 is 0 Å². The van der Waals surface area contributed by atoms with Crippen molar-refractivity contribution in [2.45, 2.75) is 25.3 Å². The molecule has 1 fully saturated rings. The van der Waals surface area contributed by atoms with E-state index in [4.69, 9.17) is 0 Å². The average molecular weight is 261 g/mol. The van der Waals surface area contributed by atoms with Gasteiger partial charge in [0, 0.05) is 43.3 Å². The van der Waals surface area contributed by atoms with E-state index in [2.05, 4.69) is 26.1 Å². The second-order valence-corrected chi connectivity index (χ2v) is 5.09. The van der Waals surface area contributed by atoms with Crippen LogP contribution in [0.4, 0.5) is 0 Å². The summed E-state index contributed by atoms with van der Waals surface area (Å²) in [7, 11) is 0. The maximum absolute atomic E-state index is 11.4. The maximum Gasteiger partial charge on any atom is 0.325 e. The molecule has 0 amide bonds. The lowest BCUT2D eigenvalue weighted by atomic mass is 9.94. The Morgan fingerprint density at radius 2 is 2.16 bits per heavy atom. The molecule has 0 radical (unpaired) electrons. The van der Waals surface area contributed by atoms with Crippen molar-refractivity contribution in [1.82, 2.24) is 24.6 Å². The number of aromatic amines is 2. The Morgan fingerprint density at radius 1 is 1.32 bits per heavy atom. The molecule has 0 aromatic carbocycles. The summed E-state index contributed by atoms with van der Waals surface area (Å²) in [6.07, 6.45) is 7.63. The van der Waals surface area contributed by atoms with E-state index in [1.165, 1.54) is 5.69 Å². The van der Waals surface area contributed by atoms with Crippen molar-refractivity contribution in [3.8, 4) is 0 Å². The van der Waals surface area contributed by atoms with Crippen LogP contribution in [-0.2, 0) is 6.54 Å². The van der Waals surface area contributed by atoms with Gasteiger partial charge in [0.25, 0.3) is 0 Å². The van der Waals surface area contributed by atoms with Crippen molar-refractivity contribution >= 4 is 0 Å². The first-order chi connectivity index (χ1) is 9.33. The summed E-state index contributed by atoms with van der Waals surface area (Å²) >= 11 is 0. The third-order valence-electron chi connectivity index (χ3n) is 3.93. The summed E-state index contributed by atoms with van der Waals surface area (Å²) in [5.41, 5.74) is 1.23. The Hall–Kier alpha value is -1.82.